The van der Waals surface area contributed by atoms with Crippen molar-refractivity contribution in [2.75, 3.05) is 65.7 Å². The van der Waals surface area contributed by atoms with Crippen molar-refractivity contribution in [2.45, 2.75) is 246 Å². The summed E-state index contributed by atoms with van der Waals surface area (Å²) in [6, 6.07) is 0. The topological polar surface area (TPSA) is 91.7 Å². The molecule has 0 aromatic carbocycles. The predicted octanol–water partition coefficient (Wildman–Crippen LogP) is 12.7. The summed E-state index contributed by atoms with van der Waals surface area (Å²) < 4.78 is 17.4. The molecule has 1 fully saturated rings. The van der Waals surface area contributed by atoms with Crippen LogP contribution in [0.15, 0.2) is 0 Å². The maximum Gasteiger partial charge on any atom is 0.308 e. The van der Waals surface area contributed by atoms with Crippen LogP contribution >= 0.6 is 0 Å². The van der Waals surface area contributed by atoms with Crippen molar-refractivity contribution in [1.82, 2.24) is 9.80 Å². The zero-order valence-corrected chi connectivity index (χ0v) is 39.9. The average molecular weight is 839 g/mol. The minimum atomic E-state index is -0.630. The van der Waals surface area contributed by atoms with E-state index in [2.05, 4.69) is 37.5 Å². The minimum Gasteiger partial charge on any atom is -0.465 e. The molecule has 2 N–H and O–H groups in total. The third-order valence-electron chi connectivity index (χ3n) is 12.7. The number of aliphatic hydroxyl groups is 2. The molecule has 0 radical (unpaired) electrons. The Morgan fingerprint density at radius 1 is 0.559 bits per heavy atom. The Bertz CT molecular complexity index is 873. The lowest BCUT2D eigenvalue weighted by Crippen LogP contribution is -2.45. The number of aliphatic hydroxyl groups excluding tert-OH is 2. The van der Waals surface area contributed by atoms with Crippen molar-refractivity contribution in [3.63, 3.8) is 0 Å². The van der Waals surface area contributed by atoms with E-state index in [0.717, 1.165) is 129 Å². The van der Waals surface area contributed by atoms with Crippen LogP contribution in [0.5, 0.6) is 0 Å². The molecule has 352 valence electrons. The van der Waals surface area contributed by atoms with Crippen LogP contribution in [0.25, 0.3) is 0 Å². The summed E-state index contributed by atoms with van der Waals surface area (Å²) in [7, 11) is 0. The number of rotatable bonds is 45. The highest BCUT2D eigenvalue weighted by atomic mass is 16.6. The van der Waals surface area contributed by atoms with Gasteiger partial charge in [0.25, 0.3) is 0 Å². The Morgan fingerprint density at radius 3 is 1.51 bits per heavy atom. The van der Waals surface area contributed by atoms with E-state index < -0.39 is 6.29 Å². The lowest BCUT2D eigenvalue weighted by Gasteiger charge is -2.31. The van der Waals surface area contributed by atoms with Crippen LogP contribution in [-0.2, 0) is 19.0 Å². The van der Waals surface area contributed by atoms with Crippen molar-refractivity contribution in [2.24, 2.45) is 11.8 Å². The SMILES string of the molecule is CCCCCCCCC(CCCCCC)C(=O)OCCCCCCN(CCCCCCOC(O)C(CCCCCC)CCCCCCCC)CC(O)CN1CCOCC1. The number of carbonyl (C=O) groups is 1. The van der Waals surface area contributed by atoms with Gasteiger partial charge in [-0.05, 0) is 64.5 Å². The van der Waals surface area contributed by atoms with Gasteiger partial charge in [0.1, 0.15) is 0 Å². The molecule has 0 saturated carbocycles. The van der Waals surface area contributed by atoms with Gasteiger partial charge >= 0.3 is 5.97 Å². The lowest BCUT2D eigenvalue weighted by atomic mass is 9.93. The Balaban J connectivity index is 2.45. The van der Waals surface area contributed by atoms with Crippen LogP contribution in [0.4, 0.5) is 0 Å². The molecule has 4 atom stereocenters. The maximum absolute atomic E-state index is 13.1. The number of hydrogen-bond acceptors (Lipinski definition) is 8. The van der Waals surface area contributed by atoms with E-state index in [4.69, 9.17) is 14.2 Å². The van der Waals surface area contributed by atoms with Crippen LogP contribution in [0.2, 0.25) is 0 Å². The zero-order chi connectivity index (χ0) is 42.9. The molecule has 0 amide bonds. The highest BCUT2D eigenvalue weighted by molar-refractivity contribution is 5.72. The van der Waals surface area contributed by atoms with Crippen LogP contribution in [0.3, 0.4) is 0 Å². The number of morpholine rings is 1. The summed E-state index contributed by atoms with van der Waals surface area (Å²) in [4.78, 5) is 17.9. The Hall–Kier alpha value is -0.770. The quantitative estimate of drug-likeness (QED) is 0.0356. The number of unbranched alkanes of at least 4 members (excludes halogenated alkanes) is 22. The first kappa shape index (κ1) is 56.2. The number of nitrogens with zero attached hydrogens (tertiary/aromatic N) is 2. The number of hydrogen-bond donors (Lipinski definition) is 2. The Labute approximate surface area is 367 Å². The molecule has 8 nitrogen and oxygen atoms in total. The predicted molar refractivity (Wildman–Crippen MR) is 250 cm³/mol. The lowest BCUT2D eigenvalue weighted by molar-refractivity contribution is -0.149. The summed E-state index contributed by atoms with van der Waals surface area (Å²) in [5.74, 6) is 0.387. The van der Waals surface area contributed by atoms with Gasteiger partial charge in [-0.15, -0.1) is 0 Å². The van der Waals surface area contributed by atoms with E-state index in [1.54, 1.807) is 0 Å². The van der Waals surface area contributed by atoms with E-state index in [1.165, 1.54) is 116 Å². The zero-order valence-electron chi connectivity index (χ0n) is 39.9. The molecule has 8 heteroatoms. The maximum atomic E-state index is 13.1. The molecule has 0 aliphatic carbocycles. The molecule has 59 heavy (non-hydrogen) atoms. The van der Waals surface area contributed by atoms with Gasteiger partial charge in [-0.25, -0.2) is 0 Å². The standard InChI is InChI=1S/C51H102N2O6/c1-5-9-13-17-19-27-35-47(33-25-15-11-7-3)50(55)58-41-31-23-21-29-37-52(45-49(54)46-53-39-43-57-44-40-53)38-30-22-24-32-42-59-51(56)48(34-26-16-12-8-4)36-28-20-18-14-10-6-2/h47-50,54-55H,5-46H2,1-4H3. The highest BCUT2D eigenvalue weighted by Gasteiger charge is 2.21. The van der Waals surface area contributed by atoms with E-state index in [9.17, 15) is 15.0 Å². The van der Waals surface area contributed by atoms with E-state index in [0.29, 0.717) is 26.3 Å². The molecule has 0 aromatic heterocycles. The monoisotopic (exact) mass is 839 g/mol. The largest absolute Gasteiger partial charge is 0.465 e. The summed E-state index contributed by atoms with van der Waals surface area (Å²) in [5.41, 5.74) is 0. The molecule has 0 bridgehead atoms. The fourth-order valence-corrected chi connectivity index (χ4v) is 8.76. The van der Waals surface area contributed by atoms with Gasteiger partial charge in [0.05, 0.1) is 31.8 Å². The van der Waals surface area contributed by atoms with Crippen molar-refractivity contribution in [1.29, 1.82) is 0 Å². The number of ether oxygens (including phenoxy) is 3. The van der Waals surface area contributed by atoms with E-state index in [-0.39, 0.29) is 23.9 Å². The second-order valence-electron chi connectivity index (χ2n) is 18.4. The molecule has 0 aromatic rings. The van der Waals surface area contributed by atoms with Gasteiger partial charge in [0.15, 0.2) is 6.29 Å². The van der Waals surface area contributed by atoms with Crippen molar-refractivity contribution in [3.8, 4) is 0 Å². The second kappa shape index (κ2) is 42.5. The molecule has 1 saturated heterocycles. The molecular formula is C51H102N2O6. The van der Waals surface area contributed by atoms with Gasteiger partial charge in [-0.2, -0.15) is 0 Å². The first-order chi connectivity index (χ1) is 28.9. The van der Waals surface area contributed by atoms with Crippen LogP contribution in [0, 0.1) is 11.8 Å². The average Bonchev–Trinajstić information content (AvgIpc) is 3.24. The summed E-state index contributed by atoms with van der Waals surface area (Å²) >= 11 is 0. The molecule has 1 aliphatic rings. The summed E-state index contributed by atoms with van der Waals surface area (Å²) in [6.07, 6.45) is 36.8. The molecule has 1 heterocycles. The van der Waals surface area contributed by atoms with Gasteiger partial charge in [-0.3, -0.25) is 9.69 Å². The number of esters is 1. The second-order valence-corrected chi connectivity index (χ2v) is 18.4. The number of carbonyl (C=O) groups excluding carboxylic acids is 1. The normalized spacial score (nSPS) is 15.8. The van der Waals surface area contributed by atoms with Crippen LogP contribution in [-0.4, -0.2) is 104 Å². The molecule has 1 rings (SSSR count). The van der Waals surface area contributed by atoms with E-state index in [1.807, 2.05) is 0 Å². The first-order valence-corrected chi connectivity index (χ1v) is 26.1. The van der Waals surface area contributed by atoms with Crippen molar-refractivity contribution < 1.29 is 29.2 Å². The van der Waals surface area contributed by atoms with Crippen LogP contribution < -0.4 is 0 Å². The molecule has 1 aliphatic heterocycles. The fourth-order valence-electron chi connectivity index (χ4n) is 8.76. The fraction of sp³-hybridized carbons (Fsp3) is 0.980. The van der Waals surface area contributed by atoms with Gasteiger partial charge in [0.2, 0.25) is 0 Å². The summed E-state index contributed by atoms with van der Waals surface area (Å²) in [6.45, 7) is 16.9. The van der Waals surface area contributed by atoms with E-state index >= 15 is 0 Å². The van der Waals surface area contributed by atoms with Crippen molar-refractivity contribution >= 4 is 5.97 Å². The molecule has 4 unspecified atom stereocenters. The van der Waals surface area contributed by atoms with Gasteiger partial charge in [0, 0.05) is 38.7 Å². The first-order valence-electron chi connectivity index (χ1n) is 26.1. The minimum absolute atomic E-state index is 0.0451. The molecular weight excluding hydrogens is 737 g/mol. The third-order valence-corrected chi connectivity index (χ3v) is 12.7. The Kier molecular flexibility index (Phi) is 40.5. The Morgan fingerprint density at radius 2 is 0.983 bits per heavy atom. The highest BCUT2D eigenvalue weighted by Crippen LogP contribution is 2.24. The van der Waals surface area contributed by atoms with Gasteiger partial charge < -0.3 is 29.3 Å². The summed E-state index contributed by atoms with van der Waals surface area (Å²) in [5, 5.41) is 22.1. The van der Waals surface area contributed by atoms with Crippen LogP contribution in [0.1, 0.15) is 233 Å². The molecule has 0 spiro atoms. The number of β-amino-alcohol motifs (C(OH)–C–C–N with tert-alkyl or cyclic N) is 1. The smallest absolute Gasteiger partial charge is 0.308 e. The van der Waals surface area contributed by atoms with Gasteiger partial charge in [-0.1, -0.05) is 182 Å². The van der Waals surface area contributed by atoms with Crippen molar-refractivity contribution in [3.05, 3.63) is 0 Å². The third kappa shape index (κ3) is 34.4.